The van der Waals surface area contributed by atoms with E-state index >= 15 is 0 Å². The fourth-order valence-corrected chi connectivity index (χ4v) is 4.31. The van der Waals surface area contributed by atoms with Crippen LogP contribution in [0.15, 0.2) is 97.1 Å². The second-order valence-electron chi connectivity index (χ2n) is 7.85. The lowest BCUT2D eigenvalue weighted by atomic mass is 10.1. The van der Waals surface area contributed by atoms with Crippen molar-refractivity contribution in [3.8, 4) is 22.6 Å². The van der Waals surface area contributed by atoms with Gasteiger partial charge in [0.2, 0.25) is 0 Å². The zero-order chi connectivity index (χ0) is 23.7. The first kappa shape index (κ1) is 22.1. The Bertz CT molecular complexity index is 1470. The monoisotopic (exact) mass is 487 g/mol. The van der Waals surface area contributed by atoms with Crippen LogP contribution in [0.1, 0.15) is 16.1 Å². The molecule has 0 aliphatic rings. The van der Waals surface area contributed by atoms with E-state index in [0.29, 0.717) is 33.2 Å². The molecule has 0 unspecified atom stereocenters. The van der Waals surface area contributed by atoms with Crippen LogP contribution in [0.3, 0.4) is 0 Å². The molecule has 0 aliphatic carbocycles. The highest BCUT2D eigenvalue weighted by molar-refractivity contribution is 6.31. The molecule has 5 rings (SSSR count). The number of ether oxygens (including phenoxy) is 1. The third kappa shape index (κ3) is 4.38. The fourth-order valence-electron chi connectivity index (χ4n) is 4.01. The molecule has 0 saturated heterocycles. The molecule has 1 aromatic heterocycles. The first-order valence-corrected chi connectivity index (χ1v) is 11.4. The molecule has 4 aromatic carbocycles. The fraction of sp³-hybridized carbons (Fsp3) is 0.0357. The van der Waals surface area contributed by atoms with Gasteiger partial charge in [0.1, 0.15) is 5.75 Å². The number of halogens is 2. The molecule has 1 heterocycles. The van der Waals surface area contributed by atoms with Crippen molar-refractivity contribution in [3.63, 3.8) is 0 Å². The largest absolute Gasteiger partial charge is 0.476 e. The molecule has 0 amide bonds. The van der Waals surface area contributed by atoms with Gasteiger partial charge in [-0.1, -0.05) is 77.8 Å². The molecule has 0 fully saturated rings. The predicted octanol–water partition coefficient (Wildman–Crippen LogP) is 8.15. The Morgan fingerprint density at radius 1 is 0.794 bits per heavy atom. The molecule has 0 bridgehead atoms. The standard InChI is InChI=1S/C28H19Cl2NO3/c29-21-10-6-18(7-11-21)17-31-25-15-12-22(30)16-24(25)27(26(31)28(32)33)34-23-13-8-20(9-14-23)19-4-2-1-3-5-19/h1-16H,17H2,(H,32,33). The van der Waals surface area contributed by atoms with Crippen LogP contribution < -0.4 is 4.74 Å². The number of hydrogen-bond acceptors (Lipinski definition) is 2. The van der Waals surface area contributed by atoms with Crippen LogP contribution in [0, 0.1) is 0 Å². The summed E-state index contributed by atoms with van der Waals surface area (Å²) in [6.07, 6.45) is 0. The molecule has 1 N–H and O–H groups in total. The molecule has 6 heteroatoms. The average Bonchev–Trinajstić information content (AvgIpc) is 3.14. The number of carbonyl (C=O) groups is 1. The van der Waals surface area contributed by atoms with Crippen molar-refractivity contribution in [1.82, 2.24) is 4.57 Å². The lowest BCUT2D eigenvalue weighted by Gasteiger charge is -2.10. The summed E-state index contributed by atoms with van der Waals surface area (Å²) in [5.41, 5.74) is 3.82. The van der Waals surface area contributed by atoms with Gasteiger partial charge in [0, 0.05) is 22.0 Å². The summed E-state index contributed by atoms with van der Waals surface area (Å²) in [6.45, 7) is 0.341. The molecule has 5 aromatic rings. The van der Waals surface area contributed by atoms with Gasteiger partial charge < -0.3 is 14.4 Å². The first-order valence-electron chi connectivity index (χ1n) is 10.6. The Morgan fingerprint density at radius 3 is 2.12 bits per heavy atom. The summed E-state index contributed by atoms with van der Waals surface area (Å²) in [5, 5.41) is 11.9. The number of aromatic nitrogens is 1. The van der Waals surface area contributed by atoms with Gasteiger partial charge in [-0.25, -0.2) is 4.79 Å². The van der Waals surface area contributed by atoms with Gasteiger partial charge >= 0.3 is 5.97 Å². The molecule has 0 atom stereocenters. The zero-order valence-electron chi connectivity index (χ0n) is 17.9. The van der Waals surface area contributed by atoms with Crippen molar-refractivity contribution >= 4 is 40.1 Å². The van der Waals surface area contributed by atoms with Gasteiger partial charge in [0.25, 0.3) is 0 Å². The molecule has 0 saturated carbocycles. The maximum atomic E-state index is 12.4. The highest BCUT2D eigenvalue weighted by atomic mass is 35.5. The second-order valence-corrected chi connectivity index (χ2v) is 8.72. The molecule has 4 nitrogen and oxygen atoms in total. The number of carboxylic acids is 1. The SMILES string of the molecule is O=C(O)c1c(Oc2ccc(-c3ccccc3)cc2)c2cc(Cl)ccc2n1Cc1ccc(Cl)cc1. The Morgan fingerprint density at radius 2 is 1.44 bits per heavy atom. The van der Waals surface area contributed by atoms with Crippen LogP contribution in [-0.4, -0.2) is 15.6 Å². The van der Waals surface area contributed by atoms with Crippen molar-refractivity contribution in [2.45, 2.75) is 6.54 Å². The number of benzene rings is 4. The van der Waals surface area contributed by atoms with Crippen molar-refractivity contribution in [2.75, 3.05) is 0 Å². The third-order valence-corrected chi connectivity index (χ3v) is 6.10. The number of nitrogens with zero attached hydrogens (tertiary/aromatic N) is 1. The van der Waals surface area contributed by atoms with Crippen molar-refractivity contribution in [1.29, 1.82) is 0 Å². The first-order chi connectivity index (χ1) is 16.5. The van der Waals surface area contributed by atoms with E-state index in [9.17, 15) is 9.90 Å². The normalized spacial score (nSPS) is 11.0. The van der Waals surface area contributed by atoms with Crippen molar-refractivity contribution in [2.24, 2.45) is 0 Å². The Kier molecular flexibility index (Phi) is 6.01. The molecule has 0 aliphatic heterocycles. The lowest BCUT2D eigenvalue weighted by molar-refractivity contribution is 0.0683. The predicted molar refractivity (Wildman–Crippen MR) is 136 cm³/mol. The second kappa shape index (κ2) is 9.26. The summed E-state index contributed by atoms with van der Waals surface area (Å²) in [7, 11) is 0. The minimum Gasteiger partial charge on any atom is -0.476 e. The van der Waals surface area contributed by atoms with E-state index in [1.807, 2.05) is 72.8 Å². The Labute approximate surface area is 206 Å². The quantitative estimate of drug-likeness (QED) is 0.262. The van der Waals surface area contributed by atoms with Crippen molar-refractivity contribution in [3.05, 3.63) is 118 Å². The highest BCUT2D eigenvalue weighted by Crippen LogP contribution is 2.39. The van der Waals surface area contributed by atoms with Gasteiger partial charge in [-0.15, -0.1) is 0 Å². The van der Waals surface area contributed by atoms with Crippen LogP contribution in [0.5, 0.6) is 11.5 Å². The van der Waals surface area contributed by atoms with Gasteiger partial charge in [0.05, 0.1) is 5.52 Å². The number of hydrogen-bond donors (Lipinski definition) is 1. The average molecular weight is 488 g/mol. The summed E-state index contributed by atoms with van der Waals surface area (Å²) in [6, 6.07) is 30.2. The number of rotatable bonds is 6. The van der Waals surface area contributed by atoms with E-state index in [0.717, 1.165) is 16.7 Å². The molecule has 34 heavy (non-hydrogen) atoms. The Hall–Kier alpha value is -3.73. The van der Waals surface area contributed by atoms with Crippen LogP contribution in [-0.2, 0) is 6.54 Å². The summed E-state index contributed by atoms with van der Waals surface area (Å²) in [5.74, 6) is -0.295. The van der Waals surface area contributed by atoms with Gasteiger partial charge in [0.15, 0.2) is 11.4 Å². The van der Waals surface area contributed by atoms with E-state index in [2.05, 4.69) is 0 Å². The summed E-state index contributed by atoms with van der Waals surface area (Å²) in [4.78, 5) is 12.4. The number of aromatic carboxylic acids is 1. The maximum absolute atomic E-state index is 12.4. The molecule has 168 valence electrons. The highest BCUT2D eigenvalue weighted by Gasteiger charge is 2.25. The Balaban J connectivity index is 1.58. The van der Waals surface area contributed by atoms with Gasteiger partial charge in [-0.3, -0.25) is 0 Å². The molecular weight excluding hydrogens is 469 g/mol. The van der Waals surface area contributed by atoms with Gasteiger partial charge in [-0.05, 0) is 59.2 Å². The van der Waals surface area contributed by atoms with Crippen LogP contribution >= 0.6 is 23.2 Å². The van der Waals surface area contributed by atoms with Crippen LogP contribution in [0.25, 0.3) is 22.0 Å². The minimum absolute atomic E-state index is 0.0550. The minimum atomic E-state index is -1.09. The summed E-state index contributed by atoms with van der Waals surface area (Å²) < 4.78 is 7.91. The number of fused-ring (bicyclic) bond motifs is 1. The third-order valence-electron chi connectivity index (χ3n) is 5.62. The molecule has 0 spiro atoms. The van der Waals surface area contributed by atoms with Crippen LogP contribution in [0.4, 0.5) is 0 Å². The lowest BCUT2D eigenvalue weighted by Crippen LogP contribution is -2.10. The van der Waals surface area contributed by atoms with Crippen molar-refractivity contribution < 1.29 is 14.6 Å². The van der Waals surface area contributed by atoms with E-state index in [1.54, 1.807) is 28.8 Å². The maximum Gasteiger partial charge on any atom is 0.356 e. The van der Waals surface area contributed by atoms with Crippen LogP contribution in [0.2, 0.25) is 10.0 Å². The van der Waals surface area contributed by atoms with Gasteiger partial charge in [-0.2, -0.15) is 0 Å². The molecular formula is C28H19Cl2NO3. The van der Waals surface area contributed by atoms with E-state index in [1.165, 1.54) is 0 Å². The van der Waals surface area contributed by atoms with E-state index < -0.39 is 5.97 Å². The topological polar surface area (TPSA) is 51.5 Å². The summed E-state index contributed by atoms with van der Waals surface area (Å²) >= 11 is 12.3. The molecule has 0 radical (unpaired) electrons. The van der Waals surface area contributed by atoms with E-state index in [4.69, 9.17) is 27.9 Å². The smallest absolute Gasteiger partial charge is 0.356 e. The zero-order valence-corrected chi connectivity index (χ0v) is 19.4. The van der Waals surface area contributed by atoms with E-state index in [-0.39, 0.29) is 11.4 Å². The number of carboxylic acid groups (broad SMARTS) is 1.